The largest absolute Gasteiger partial charge is 0.491 e. The van der Waals surface area contributed by atoms with Gasteiger partial charge in [-0.25, -0.2) is 0 Å². The zero-order chi connectivity index (χ0) is 13.1. The molecule has 0 bridgehead atoms. The Kier molecular flexibility index (Phi) is 3.92. The van der Waals surface area contributed by atoms with Crippen LogP contribution in [0.1, 0.15) is 32.1 Å². The summed E-state index contributed by atoms with van der Waals surface area (Å²) in [7, 11) is 0. The van der Waals surface area contributed by atoms with E-state index in [1.165, 1.54) is 31.4 Å². The number of benzene rings is 1. The minimum atomic E-state index is 0.599. The Morgan fingerprint density at radius 1 is 1.16 bits per heavy atom. The standard InChI is InChI=1S/C16H24N2O/c17-12-13-6-1-2-7-14(13)18-10-5-11-19-16-9-4-3-8-15(16)18/h3-4,8-9,13-14H,1-2,5-7,10-12,17H2. The number of ether oxygens (including phenoxy) is 1. The summed E-state index contributed by atoms with van der Waals surface area (Å²) >= 11 is 0. The average Bonchev–Trinajstić information content (AvgIpc) is 2.69. The highest BCUT2D eigenvalue weighted by Gasteiger charge is 2.31. The van der Waals surface area contributed by atoms with Gasteiger partial charge in [0.25, 0.3) is 0 Å². The number of para-hydroxylation sites is 2. The van der Waals surface area contributed by atoms with Gasteiger partial charge in [0.15, 0.2) is 0 Å². The molecule has 1 aromatic rings. The van der Waals surface area contributed by atoms with E-state index in [9.17, 15) is 0 Å². The molecule has 3 nitrogen and oxygen atoms in total. The van der Waals surface area contributed by atoms with Crippen LogP contribution in [0.5, 0.6) is 5.75 Å². The lowest BCUT2D eigenvalue weighted by molar-refractivity contribution is 0.296. The van der Waals surface area contributed by atoms with Gasteiger partial charge in [-0.15, -0.1) is 0 Å². The summed E-state index contributed by atoms with van der Waals surface area (Å²) in [4.78, 5) is 2.57. The highest BCUT2D eigenvalue weighted by molar-refractivity contribution is 5.59. The van der Waals surface area contributed by atoms with Crippen molar-refractivity contribution in [1.29, 1.82) is 0 Å². The lowest BCUT2D eigenvalue weighted by atomic mass is 9.83. The molecule has 1 aliphatic carbocycles. The number of nitrogens with zero attached hydrogens (tertiary/aromatic N) is 1. The molecule has 0 radical (unpaired) electrons. The molecular formula is C16H24N2O. The van der Waals surface area contributed by atoms with Gasteiger partial charge in [0.1, 0.15) is 5.75 Å². The molecule has 0 spiro atoms. The van der Waals surface area contributed by atoms with E-state index in [-0.39, 0.29) is 0 Å². The van der Waals surface area contributed by atoms with Crippen LogP contribution < -0.4 is 15.4 Å². The van der Waals surface area contributed by atoms with Gasteiger partial charge in [-0.3, -0.25) is 0 Å². The van der Waals surface area contributed by atoms with Gasteiger partial charge in [-0.1, -0.05) is 25.0 Å². The molecule has 0 aromatic heterocycles. The summed E-state index contributed by atoms with van der Waals surface area (Å²) in [5.41, 5.74) is 7.27. The first-order valence-corrected chi connectivity index (χ1v) is 7.58. The van der Waals surface area contributed by atoms with Crippen LogP contribution in [-0.2, 0) is 0 Å². The van der Waals surface area contributed by atoms with E-state index in [1.807, 2.05) is 0 Å². The van der Waals surface area contributed by atoms with E-state index in [4.69, 9.17) is 10.5 Å². The molecule has 1 saturated carbocycles. The highest BCUT2D eigenvalue weighted by Crippen LogP contribution is 2.37. The van der Waals surface area contributed by atoms with Crippen LogP contribution in [0.4, 0.5) is 5.69 Å². The Hall–Kier alpha value is -1.22. The van der Waals surface area contributed by atoms with Crippen molar-refractivity contribution in [2.24, 2.45) is 11.7 Å². The summed E-state index contributed by atoms with van der Waals surface area (Å²) in [6.07, 6.45) is 6.32. The van der Waals surface area contributed by atoms with E-state index in [2.05, 4.69) is 29.2 Å². The van der Waals surface area contributed by atoms with Crippen molar-refractivity contribution in [2.75, 3.05) is 24.6 Å². The van der Waals surface area contributed by atoms with Gasteiger partial charge in [0.2, 0.25) is 0 Å². The molecule has 104 valence electrons. The van der Waals surface area contributed by atoms with E-state index in [0.717, 1.165) is 31.9 Å². The van der Waals surface area contributed by atoms with Gasteiger partial charge in [0, 0.05) is 12.6 Å². The fourth-order valence-corrected chi connectivity index (χ4v) is 3.57. The van der Waals surface area contributed by atoms with Crippen molar-refractivity contribution in [3.05, 3.63) is 24.3 Å². The number of rotatable bonds is 2. The molecule has 1 fully saturated rings. The molecule has 1 aromatic carbocycles. The van der Waals surface area contributed by atoms with Crippen LogP contribution in [0, 0.1) is 5.92 Å². The molecule has 1 heterocycles. The molecule has 2 aliphatic rings. The first-order valence-electron chi connectivity index (χ1n) is 7.58. The third kappa shape index (κ3) is 2.57. The van der Waals surface area contributed by atoms with Crippen molar-refractivity contribution < 1.29 is 4.74 Å². The Morgan fingerprint density at radius 2 is 2.00 bits per heavy atom. The first kappa shape index (κ1) is 12.8. The van der Waals surface area contributed by atoms with Crippen molar-refractivity contribution in [3.8, 4) is 5.75 Å². The summed E-state index contributed by atoms with van der Waals surface area (Å²) in [5.74, 6) is 1.68. The number of anilines is 1. The van der Waals surface area contributed by atoms with Crippen LogP contribution in [0.25, 0.3) is 0 Å². The normalized spacial score (nSPS) is 27.3. The van der Waals surface area contributed by atoms with Crippen molar-refractivity contribution >= 4 is 5.69 Å². The summed E-state index contributed by atoms with van der Waals surface area (Å²) in [6.45, 7) is 2.73. The number of fused-ring (bicyclic) bond motifs is 1. The predicted molar refractivity (Wildman–Crippen MR) is 78.7 cm³/mol. The van der Waals surface area contributed by atoms with E-state index >= 15 is 0 Å². The summed E-state index contributed by atoms with van der Waals surface area (Å²) in [5, 5.41) is 0. The second-order valence-corrected chi connectivity index (χ2v) is 5.71. The second-order valence-electron chi connectivity index (χ2n) is 5.71. The van der Waals surface area contributed by atoms with Gasteiger partial charge in [0.05, 0.1) is 12.3 Å². The van der Waals surface area contributed by atoms with Gasteiger partial charge >= 0.3 is 0 Å². The average molecular weight is 260 g/mol. The minimum Gasteiger partial charge on any atom is -0.491 e. The number of hydrogen-bond donors (Lipinski definition) is 1. The molecule has 3 heteroatoms. The highest BCUT2D eigenvalue weighted by atomic mass is 16.5. The molecule has 2 atom stereocenters. The van der Waals surface area contributed by atoms with Crippen LogP contribution in [0.2, 0.25) is 0 Å². The Labute approximate surface area is 115 Å². The topological polar surface area (TPSA) is 38.5 Å². The monoisotopic (exact) mass is 260 g/mol. The van der Waals surface area contributed by atoms with Crippen LogP contribution in [0.15, 0.2) is 24.3 Å². The lowest BCUT2D eigenvalue weighted by Gasteiger charge is -2.40. The Bertz CT molecular complexity index is 421. The summed E-state index contributed by atoms with van der Waals surface area (Å²) < 4.78 is 5.87. The van der Waals surface area contributed by atoms with Crippen molar-refractivity contribution in [3.63, 3.8) is 0 Å². The van der Waals surface area contributed by atoms with E-state index in [0.29, 0.717) is 12.0 Å². The van der Waals surface area contributed by atoms with Crippen LogP contribution in [-0.4, -0.2) is 25.7 Å². The third-order valence-electron chi connectivity index (χ3n) is 4.55. The number of hydrogen-bond acceptors (Lipinski definition) is 3. The van der Waals surface area contributed by atoms with Gasteiger partial charge < -0.3 is 15.4 Å². The molecule has 0 amide bonds. The summed E-state index contributed by atoms with van der Waals surface area (Å²) in [6, 6.07) is 9.06. The SMILES string of the molecule is NCC1CCCCC1N1CCCOc2ccccc21. The van der Waals surface area contributed by atoms with Crippen molar-refractivity contribution in [2.45, 2.75) is 38.1 Å². The first-order chi connectivity index (χ1) is 9.40. The molecule has 0 saturated heterocycles. The molecule has 3 rings (SSSR count). The smallest absolute Gasteiger partial charge is 0.142 e. The maximum Gasteiger partial charge on any atom is 0.142 e. The maximum atomic E-state index is 6.00. The van der Waals surface area contributed by atoms with E-state index < -0.39 is 0 Å². The fourth-order valence-electron chi connectivity index (χ4n) is 3.57. The molecule has 2 N–H and O–H groups in total. The zero-order valence-electron chi connectivity index (χ0n) is 11.6. The third-order valence-corrected chi connectivity index (χ3v) is 4.55. The Morgan fingerprint density at radius 3 is 2.89 bits per heavy atom. The van der Waals surface area contributed by atoms with Gasteiger partial charge in [-0.05, 0) is 43.9 Å². The maximum absolute atomic E-state index is 6.00. The van der Waals surface area contributed by atoms with Crippen LogP contribution >= 0.6 is 0 Å². The molecule has 19 heavy (non-hydrogen) atoms. The second kappa shape index (κ2) is 5.83. The van der Waals surface area contributed by atoms with Crippen LogP contribution in [0.3, 0.4) is 0 Å². The minimum absolute atomic E-state index is 0.599. The molecule has 2 unspecified atom stereocenters. The molecule has 1 aliphatic heterocycles. The Balaban J connectivity index is 1.90. The lowest BCUT2D eigenvalue weighted by Crippen LogP contribution is -2.45. The molecular weight excluding hydrogens is 236 g/mol. The quantitative estimate of drug-likeness (QED) is 0.888. The van der Waals surface area contributed by atoms with Crippen molar-refractivity contribution in [1.82, 2.24) is 0 Å². The van der Waals surface area contributed by atoms with E-state index in [1.54, 1.807) is 0 Å². The fraction of sp³-hybridized carbons (Fsp3) is 0.625. The predicted octanol–water partition coefficient (Wildman–Crippen LogP) is 2.79. The van der Waals surface area contributed by atoms with Gasteiger partial charge in [-0.2, -0.15) is 0 Å². The number of nitrogens with two attached hydrogens (primary N) is 1. The zero-order valence-corrected chi connectivity index (χ0v) is 11.6.